The third-order valence-corrected chi connectivity index (χ3v) is 2.17. The fraction of sp³-hybridized carbons (Fsp3) is 0.100. The van der Waals surface area contributed by atoms with Crippen molar-refractivity contribution in [1.82, 2.24) is 0 Å². The van der Waals surface area contributed by atoms with Gasteiger partial charge in [-0.2, -0.15) is 0 Å². The third kappa shape index (κ3) is 1.08. The first kappa shape index (κ1) is 6.93. The van der Waals surface area contributed by atoms with Gasteiger partial charge in [-0.05, 0) is 24.1 Å². The highest BCUT2D eigenvalue weighted by atomic mass is 35.5. The lowest BCUT2D eigenvalue weighted by atomic mass is 10.1. The Morgan fingerprint density at radius 2 is 2.09 bits per heavy atom. The Morgan fingerprint density at radius 3 is 2.82 bits per heavy atom. The van der Waals surface area contributed by atoms with Crippen LogP contribution in [-0.4, -0.2) is 0 Å². The van der Waals surface area contributed by atoms with E-state index in [0.29, 0.717) is 0 Å². The maximum atomic E-state index is 5.97. The molecule has 1 radical (unpaired) electrons. The zero-order valence-electron chi connectivity index (χ0n) is 6.26. The molecule has 11 heavy (non-hydrogen) atoms. The molecule has 0 saturated heterocycles. The van der Waals surface area contributed by atoms with Gasteiger partial charge < -0.3 is 0 Å². The molecule has 1 aliphatic rings. The summed E-state index contributed by atoms with van der Waals surface area (Å²) < 4.78 is 0. The molecule has 0 aromatic heterocycles. The molecule has 0 spiro atoms. The van der Waals surface area contributed by atoms with Crippen molar-refractivity contribution in [2.45, 2.75) is 6.92 Å². The molecule has 0 heterocycles. The van der Waals surface area contributed by atoms with E-state index >= 15 is 0 Å². The number of hydrogen-bond acceptors (Lipinski definition) is 0. The summed E-state index contributed by atoms with van der Waals surface area (Å²) >= 11 is 5.97. The van der Waals surface area contributed by atoms with E-state index in [-0.39, 0.29) is 0 Å². The highest BCUT2D eigenvalue weighted by Gasteiger charge is 2.11. The summed E-state index contributed by atoms with van der Waals surface area (Å²) in [5.74, 6) is 0. The average molecular weight is 164 g/mol. The fourth-order valence-electron chi connectivity index (χ4n) is 1.35. The number of fused-ring (bicyclic) bond motifs is 1. The van der Waals surface area contributed by atoms with E-state index in [0.717, 1.165) is 10.6 Å². The number of hydrogen-bond donors (Lipinski definition) is 0. The monoisotopic (exact) mass is 163 g/mol. The molecule has 1 heteroatoms. The summed E-state index contributed by atoms with van der Waals surface area (Å²) in [6, 6.07) is 5.97. The quantitative estimate of drug-likeness (QED) is 0.551. The Labute approximate surface area is 71.5 Å². The Bertz CT molecular complexity index is 324. The van der Waals surface area contributed by atoms with Gasteiger partial charge in [0, 0.05) is 11.4 Å². The summed E-state index contributed by atoms with van der Waals surface area (Å²) in [6.07, 6.45) is 4.25. The van der Waals surface area contributed by atoms with Crippen molar-refractivity contribution in [3.8, 4) is 0 Å². The summed E-state index contributed by atoms with van der Waals surface area (Å²) in [5, 5.41) is 0.843. The van der Waals surface area contributed by atoms with Crippen molar-refractivity contribution in [2.24, 2.45) is 0 Å². The molecule has 55 valence electrons. The van der Waals surface area contributed by atoms with Crippen molar-refractivity contribution in [1.29, 1.82) is 0 Å². The van der Waals surface area contributed by atoms with Gasteiger partial charge in [-0.15, -0.1) is 0 Å². The molecule has 1 aliphatic carbocycles. The van der Waals surface area contributed by atoms with Crippen molar-refractivity contribution < 1.29 is 0 Å². The molecule has 0 saturated carbocycles. The van der Waals surface area contributed by atoms with Crippen molar-refractivity contribution in [3.05, 3.63) is 46.3 Å². The first-order chi connectivity index (χ1) is 5.27. The molecule has 0 bridgehead atoms. The Kier molecular flexibility index (Phi) is 1.50. The molecule has 1 aromatic carbocycles. The molecule has 1 aromatic rings. The highest BCUT2D eigenvalue weighted by Crippen LogP contribution is 2.31. The van der Waals surface area contributed by atoms with Crippen LogP contribution in [-0.2, 0) is 0 Å². The number of rotatable bonds is 0. The van der Waals surface area contributed by atoms with Gasteiger partial charge in [0.25, 0.3) is 0 Å². The van der Waals surface area contributed by atoms with Gasteiger partial charge in [-0.25, -0.2) is 0 Å². The smallest absolute Gasteiger partial charge is 0.0481 e. The molecular weight excluding hydrogens is 156 g/mol. The molecule has 0 nitrogen and oxygen atoms in total. The second kappa shape index (κ2) is 2.38. The predicted molar refractivity (Wildman–Crippen MR) is 48.5 cm³/mol. The molecule has 0 aliphatic heterocycles. The van der Waals surface area contributed by atoms with E-state index in [4.69, 9.17) is 11.6 Å². The molecular formula is C10H8Cl. The van der Waals surface area contributed by atoms with Crippen molar-refractivity contribution in [3.63, 3.8) is 0 Å². The number of halogens is 1. The minimum atomic E-state index is 0.843. The second-order valence-corrected chi connectivity index (χ2v) is 3.18. The average Bonchev–Trinajstić information content (AvgIpc) is 2.31. The van der Waals surface area contributed by atoms with Gasteiger partial charge >= 0.3 is 0 Å². The third-order valence-electron chi connectivity index (χ3n) is 1.84. The van der Waals surface area contributed by atoms with E-state index < -0.39 is 0 Å². The number of allylic oxidation sites excluding steroid dienone is 1. The summed E-state index contributed by atoms with van der Waals surface area (Å²) in [4.78, 5) is 0. The zero-order valence-corrected chi connectivity index (χ0v) is 7.02. The van der Waals surface area contributed by atoms with Gasteiger partial charge in [0.2, 0.25) is 0 Å². The van der Waals surface area contributed by atoms with Crippen LogP contribution in [0.15, 0.2) is 23.8 Å². The lowest BCUT2D eigenvalue weighted by molar-refractivity contribution is 1.45. The minimum absolute atomic E-state index is 0.843. The summed E-state index contributed by atoms with van der Waals surface area (Å²) in [5.41, 5.74) is 3.66. The number of benzene rings is 1. The normalized spacial score (nSPS) is 14.5. The highest BCUT2D eigenvalue weighted by molar-refractivity contribution is 6.32. The van der Waals surface area contributed by atoms with Crippen LogP contribution >= 0.6 is 11.6 Å². The molecule has 2 rings (SSSR count). The van der Waals surface area contributed by atoms with E-state index in [9.17, 15) is 0 Å². The fourth-order valence-corrected chi connectivity index (χ4v) is 1.58. The Balaban J connectivity index is 2.61. The molecule has 0 N–H and O–H groups in total. The lowest BCUT2D eigenvalue weighted by Crippen LogP contribution is -1.79. The first-order valence-electron chi connectivity index (χ1n) is 3.59. The van der Waals surface area contributed by atoms with Gasteiger partial charge in [0.05, 0.1) is 0 Å². The Hall–Kier alpha value is -0.750. The van der Waals surface area contributed by atoms with E-state index in [1.54, 1.807) is 0 Å². The maximum Gasteiger partial charge on any atom is 0.0481 e. The van der Waals surface area contributed by atoms with Gasteiger partial charge in [0.1, 0.15) is 0 Å². The SMILES string of the molecule is CC1=Cc2c(Cl)cccc2[CH]1. The lowest BCUT2D eigenvalue weighted by Gasteiger charge is -1.98. The zero-order chi connectivity index (χ0) is 7.84. The molecule has 0 atom stereocenters. The van der Waals surface area contributed by atoms with Crippen LogP contribution in [0.4, 0.5) is 0 Å². The van der Waals surface area contributed by atoms with Gasteiger partial charge in [-0.1, -0.05) is 35.4 Å². The van der Waals surface area contributed by atoms with Crippen LogP contribution in [0.25, 0.3) is 6.08 Å². The van der Waals surface area contributed by atoms with Gasteiger partial charge in [0.15, 0.2) is 0 Å². The molecule has 0 unspecified atom stereocenters. The van der Waals surface area contributed by atoms with E-state index in [1.807, 2.05) is 12.1 Å². The topological polar surface area (TPSA) is 0 Å². The second-order valence-electron chi connectivity index (χ2n) is 2.78. The van der Waals surface area contributed by atoms with Crippen LogP contribution in [0.5, 0.6) is 0 Å². The molecule has 0 amide bonds. The van der Waals surface area contributed by atoms with Gasteiger partial charge in [-0.3, -0.25) is 0 Å². The maximum absolute atomic E-state index is 5.97. The van der Waals surface area contributed by atoms with Crippen LogP contribution in [0.1, 0.15) is 18.1 Å². The van der Waals surface area contributed by atoms with Crippen molar-refractivity contribution >= 4 is 17.7 Å². The summed E-state index contributed by atoms with van der Waals surface area (Å²) in [7, 11) is 0. The first-order valence-corrected chi connectivity index (χ1v) is 3.97. The van der Waals surface area contributed by atoms with E-state index in [2.05, 4.69) is 25.5 Å². The van der Waals surface area contributed by atoms with Crippen LogP contribution in [0.3, 0.4) is 0 Å². The van der Waals surface area contributed by atoms with Crippen LogP contribution < -0.4 is 0 Å². The minimum Gasteiger partial charge on any atom is -0.0837 e. The Morgan fingerprint density at radius 1 is 1.27 bits per heavy atom. The van der Waals surface area contributed by atoms with Crippen molar-refractivity contribution in [2.75, 3.05) is 0 Å². The molecule has 0 fully saturated rings. The largest absolute Gasteiger partial charge is 0.0837 e. The standard InChI is InChI=1S/C10H8Cl/c1-7-5-8-3-2-4-10(11)9(8)6-7/h2-6H,1H3. The van der Waals surface area contributed by atoms with E-state index in [1.165, 1.54) is 11.1 Å². The van der Waals surface area contributed by atoms with Crippen LogP contribution in [0.2, 0.25) is 5.02 Å². The summed E-state index contributed by atoms with van der Waals surface area (Å²) in [6.45, 7) is 2.08. The predicted octanol–water partition coefficient (Wildman–Crippen LogP) is 3.31. The van der Waals surface area contributed by atoms with Crippen LogP contribution in [0, 0.1) is 6.42 Å².